The van der Waals surface area contributed by atoms with E-state index >= 15 is 0 Å². The molecule has 1 N–H and O–H groups in total. The molecule has 1 saturated carbocycles. The number of fused-ring (bicyclic) bond motifs is 1. The van der Waals surface area contributed by atoms with Crippen LogP contribution in [0.5, 0.6) is 0 Å². The van der Waals surface area contributed by atoms with Gasteiger partial charge in [0.05, 0.1) is 16.1 Å². The number of pyridine rings is 1. The summed E-state index contributed by atoms with van der Waals surface area (Å²) in [7, 11) is 0. The number of aryl methyl sites for hydroxylation is 1. The van der Waals surface area contributed by atoms with Crippen molar-refractivity contribution in [2.75, 3.05) is 13.1 Å². The van der Waals surface area contributed by atoms with Gasteiger partial charge in [0.25, 0.3) is 5.56 Å². The van der Waals surface area contributed by atoms with Crippen LogP contribution in [0.25, 0.3) is 11.1 Å². The van der Waals surface area contributed by atoms with Crippen molar-refractivity contribution in [2.45, 2.75) is 37.5 Å². The zero-order chi connectivity index (χ0) is 24.9. The predicted molar refractivity (Wildman–Crippen MR) is 122 cm³/mol. The first kappa shape index (κ1) is 23.7. The molecular weight excluding hydrogens is 488 g/mol. The molecule has 6 rings (SSSR count). The van der Waals surface area contributed by atoms with E-state index in [0.717, 1.165) is 36.9 Å². The number of alkyl halides is 3. The number of aromatic nitrogens is 3. The monoisotopic (exact) mass is 508 g/mol. The lowest BCUT2D eigenvalue weighted by atomic mass is 9.70. The van der Waals surface area contributed by atoms with Crippen LogP contribution in [0.1, 0.15) is 29.9 Å². The van der Waals surface area contributed by atoms with Crippen LogP contribution in [0.15, 0.2) is 52.3 Å². The van der Waals surface area contributed by atoms with Crippen LogP contribution in [0, 0.1) is 11.9 Å². The highest BCUT2D eigenvalue weighted by atomic mass is 35.5. The fourth-order valence-corrected chi connectivity index (χ4v) is 5.45. The van der Waals surface area contributed by atoms with Gasteiger partial charge in [-0.05, 0) is 42.5 Å². The standard InChI is InChI=1S/C24H21ClF4N4O2/c25-16-9-17(21(26)30-10-16)18-12-33(23(35)31-22(18)34)7-1-6-32-11-14-8-19(32)20(14)13-2-4-15(5-3-13)24(27,28)29/h2-5,9-10,12,14,19-20H,1,6-8,11H2,(H,31,34,35)/t14-,19-,20+/m0/s1. The molecule has 3 aliphatic rings. The SMILES string of the molecule is O=c1[nH]c(=O)n(CCCN2C[C@@H]3C[C@H]2[C@@H]3c2ccc(C(F)(F)F)cc2)cc1-c1cc(Cl)cnc1F. The normalized spacial score (nSPS) is 21.8. The van der Waals surface area contributed by atoms with Gasteiger partial charge < -0.3 is 0 Å². The Kier molecular flexibility index (Phi) is 6.04. The number of H-pyrrole nitrogens is 1. The number of benzene rings is 1. The molecule has 2 bridgehead atoms. The average Bonchev–Trinajstić information content (AvgIpc) is 3.36. The van der Waals surface area contributed by atoms with Crippen molar-refractivity contribution in [3.8, 4) is 11.1 Å². The van der Waals surface area contributed by atoms with E-state index in [2.05, 4.69) is 14.9 Å². The van der Waals surface area contributed by atoms with Gasteiger partial charge in [-0.25, -0.2) is 9.78 Å². The Labute approximate surface area is 202 Å². The minimum absolute atomic E-state index is 0.0390. The number of nitrogens with zero attached hydrogens (tertiary/aromatic N) is 3. The largest absolute Gasteiger partial charge is 0.416 e. The van der Waals surface area contributed by atoms with E-state index in [0.29, 0.717) is 25.4 Å². The van der Waals surface area contributed by atoms with Crippen molar-refractivity contribution in [1.29, 1.82) is 0 Å². The van der Waals surface area contributed by atoms with Gasteiger partial charge in [-0.1, -0.05) is 23.7 Å². The topological polar surface area (TPSA) is 71.0 Å². The summed E-state index contributed by atoms with van der Waals surface area (Å²) in [5.74, 6) is -0.258. The minimum Gasteiger partial charge on any atom is -0.300 e. The maximum Gasteiger partial charge on any atom is 0.416 e. The first-order valence-corrected chi connectivity index (χ1v) is 11.6. The van der Waals surface area contributed by atoms with Gasteiger partial charge in [0, 0.05) is 49.6 Å². The molecule has 4 heterocycles. The van der Waals surface area contributed by atoms with Crippen molar-refractivity contribution in [2.24, 2.45) is 5.92 Å². The maximum absolute atomic E-state index is 14.2. The number of nitrogens with one attached hydrogen (secondary N) is 1. The highest BCUT2D eigenvalue weighted by Crippen LogP contribution is 2.52. The number of halogens is 5. The lowest BCUT2D eigenvalue weighted by molar-refractivity contribution is -0.137. The van der Waals surface area contributed by atoms with Crippen molar-refractivity contribution in [3.63, 3.8) is 0 Å². The second kappa shape index (κ2) is 8.91. The van der Waals surface area contributed by atoms with Crippen LogP contribution >= 0.6 is 11.6 Å². The summed E-state index contributed by atoms with van der Waals surface area (Å²) in [4.78, 5) is 32.6. The van der Waals surface area contributed by atoms with Crippen LogP contribution in [0.3, 0.4) is 0 Å². The van der Waals surface area contributed by atoms with E-state index in [1.807, 2.05) is 0 Å². The molecule has 1 aliphatic carbocycles. The first-order valence-electron chi connectivity index (χ1n) is 11.2. The zero-order valence-corrected chi connectivity index (χ0v) is 19.1. The Morgan fingerprint density at radius 3 is 2.57 bits per heavy atom. The van der Waals surface area contributed by atoms with E-state index in [1.165, 1.54) is 16.8 Å². The van der Waals surface area contributed by atoms with Crippen LogP contribution in [0.4, 0.5) is 17.6 Å². The summed E-state index contributed by atoms with van der Waals surface area (Å²) in [5.41, 5.74) is -1.18. The molecule has 6 nitrogen and oxygen atoms in total. The molecule has 3 fully saturated rings. The van der Waals surface area contributed by atoms with Gasteiger partial charge in [-0.15, -0.1) is 0 Å². The molecule has 2 aromatic heterocycles. The second-order valence-electron chi connectivity index (χ2n) is 9.04. The summed E-state index contributed by atoms with van der Waals surface area (Å²) < 4.78 is 54.0. The molecule has 2 aliphatic heterocycles. The second-order valence-corrected chi connectivity index (χ2v) is 9.48. The van der Waals surface area contributed by atoms with Crippen molar-refractivity contribution in [3.05, 3.63) is 85.7 Å². The summed E-state index contributed by atoms with van der Waals surface area (Å²) in [6.07, 6.45) is -0.311. The van der Waals surface area contributed by atoms with Crippen LogP contribution in [-0.4, -0.2) is 38.6 Å². The third-order valence-electron chi connectivity index (χ3n) is 6.98. The van der Waals surface area contributed by atoms with Crippen molar-refractivity contribution < 1.29 is 17.6 Å². The molecule has 0 unspecified atom stereocenters. The van der Waals surface area contributed by atoms with E-state index in [4.69, 9.17) is 11.6 Å². The van der Waals surface area contributed by atoms with E-state index in [-0.39, 0.29) is 28.1 Å². The fraction of sp³-hybridized carbons (Fsp3) is 0.375. The smallest absolute Gasteiger partial charge is 0.300 e. The number of aromatic amines is 1. The van der Waals surface area contributed by atoms with Gasteiger partial charge in [0.2, 0.25) is 5.95 Å². The lowest BCUT2D eigenvalue weighted by Gasteiger charge is -2.37. The third kappa shape index (κ3) is 4.52. The molecule has 0 spiro atoms. The van der Waals surface area contributed by atoms with Crippen LogP contribution < -0.4 is 11.2 Å². The molecule has 0 amide bonds. The zero-order valence-electron chi connectivity index (χ0n) is 18.4. The Bertz CT molecular complexity index is 1370. The first-order chi connectivity index (χ1) is 16.6. The Balaban J connectivity index is 1.25. The third-order valence-corrected chi connectivity index (χ3v) is 7.19. The molecule has 11 heteroatoms. The molecule has 184 valence electrons. The van der Waals surface area contributed by atoms with Gasteiger partial charge in [-0.2, -0.15) is 17.6 Å². The Hall–Kier alpha value is -2.98. The minimum atomic E-state index is -4.35. The average molecular weight is 509 g/mol. The summed E-state index contributed by atoms with van der Waals surface area (Å²) in [6, 6.07) is 6.95. The van der Waals surface area contributed by atoms with Gasteiger partial charge >= 0.3 is 11.9 Å². The molecule has 1 aromatic carbocycles. The van der Waals surface area contributed by atoms with E-state index in [1.54, 1.807) is 12.1 Å². The van der Waals surface area contributed by atoms with Gasteiger partial charge in [-0.3, -0.25) is 19.2 Å². The summed E-state index contributed by atoms with van der Waals surface area (Å²) in [5, 5.41) is 0.161. The molecule has 3 aromatic rings. The van der Waals surface area contributed by atoms with E-state index in [9.17, 15) is 27.2 Å². The fourth-order valence-electron chi connectivity index (χ4n) is 5.29. The highest BCUT2D eigenvalue weighted by molar-refractivity contribution is 6.30. The summed E-state index contributed by atoms with van der Waals surface area (Å²) >= 11 is 5.88. The molecule has 35 heavy (non-hydrogen) atoms. The number of hydrogen-bond donors (Lipinski definition) is 1. The molecule has 3 atom stereocenters. The lowest BCUT2D eigenvalue weighted by Crippen LogP contribution is -2.38. The van der Waals surface area contributed by atoms with Crippen molar-refractivity contribution in [1.82, 2.24) is 19.4 Å². The highest BCUT2D eigenvalue weighted by Gasteiger charge is 2.51. The van der Waals surface area contributed by atoms with Crippen LogP contribution in [0.2, 0.25) is 5.02 Å². The predicted octanol–water partition coefficient (Wildman–Crippen LogP) is 4.29. The molecule has 2 saturated heterocycles. The van der Waals surface area contributed by atoms with Crippen LogP contribution in [-0.2, 0) is 12.7 Å². The van der Waals surface area contributed by atoms with Gasteiger partial charge in [0.1, 0.15) is 0 Å². The number of rotatable bonds is 6. The van der Waals surface area contributed by atoms with E-state index < -0.39 is 28.9 Å². The number of hydrogen-bond acceptors (Lipinski definition) is 4. The maximum atomic E-state index is 14.2. The molecule has 0 radical (unpaired) electrons. The Morgan fingerprint density at radius 2 is 1.86 bits per heavy atom. The quantitative estimate of drug-likeness (QED) is 0.398. The Morgan fingerprint density at radius 1 is 1.11 bits per heavy atom. The van der Waals surface area contributed by atoms with Gasteiger partial charge in [0.15, 0.2) is 0 Å². The van der Waals surface area contributed by atoms with Crippen molar-refractivity contribution >= 4 is 11.6 Å². The summed E-state index contributed by atoms with van der Waals surface area (Å²) in [6.45, 7) is 1.84. The molecular formula is C24H21ClF4N4O2.